The van der Waals surface area contributed by atoms with Crippen LogP contribution in [0, 0.1) is 6.92 Å². The van der Waals surface area contributed by atoms with Crippen LogP contribution in [0.3, 0.4) is 0 Å². The van der Waals surface area contributed by atoms with E-state index in [1.807, 2.05) is 0 Å². The lowest BCUT2D eigenvalue weighted by Gasteiger charge is -2.12. The number of benzene rings is 1. The Bertz CT molecular complexity index is 1030. The number of carbonyl (C=O) groups excluding carboxylic acids is 1. The van der Waals surface area contributed by atoms with E-state index in [2.05, 4.69) is 19.5 Å². The normalized spacial score (nSPS) is 13.4. The average molecular weight is 370 g/mol. The Hall–Kier alpha value is -2.87. The topological polar surface area (TPSA) is 98.3 Å². The first-order chi connectivity index (χ1) is 12.4. The van der Waals surface area contributed by atoms with Crippen LogP contribution in [0.2, 0.25) is 0 Å². The quantitative estimate of drug-likeness (QED) is 0.697. The van der Waals surface area contributed by atoms with E-state index in [4.69, 9.17) is 4.52 Å². The van der Waals surface area contributed by atoms with Crippen molar-refractivity contribution in [3.63, 3.8) is 0 Å². The van der Waals surface area contributed by atoms with Crippen molar-refractivity contribution in [3.05, 3.63) is 60.1 Å². The van der Waals surface area contributed by atoms with Gasteiger partial charge in [-0.2, -0.15) is 9.35 Å². The number of hydrogen-bond acceptors (Lipinski definition) is 6. The van der Waals surface area contributed by atoms with Crippen LogP contribution in [-0.4, -0.2) is 30.5 Å². The zero-order valence-corrected chi connectivity index (χ0v) is 15.4. The molecule has 7 nitrogen and oxygen atoms in total. The summed E-state index contributed by atoms with van der Waals surface area (Å²) in [6.07, 6.45) is 1.54. The Labute approximate surface area is 151 Å². The molecule has 1 unspecified atom stereocenters. The van der Waals surface area contributed by atoms with E-state index in [9.17, 15) is 9.00 Å². The number of rotatable bonds is 4. The van der Waals surface area contributed by atoms with E-state index in [0.29, 0.717) is 27.9 Å². The van der Waals surface area contributed by atoms with E-state index in [-0.39, 0.29) is 5.25 Å². The van der Waals surface area contributed by atoms with Gasteiger partial charge in [0.25, 0.3) is 5.91 Å². The highest BCUT2D eigenvalue weighted by Crippen LogP contribution is 2.20. The molecular formula is C18H18N4O3S. The number of carbonyl (C=O) groups is 1. The molecule has 2 heterocycles. The summed E-state index contributed by atoms with van der Waals surface area (Å²) < 4.78 is 22.3. The number of aryl methyl sites for hydroxylation is 1. The van der Waals surface area contributed by atoms with Crippen molar-refractivity contribution in [3.8, 4) is 11.4 Å². The van der Waals surface area contributed by atoms with Gasteiger partial charge in [-0.05, 0) is 38.1 Å². The molecule has 2 aromatic heterocycles. The van der Waals surface area contributed by atoms with Gasteiger partial charge in [-0.1, -0.05) is 23.4 Å². The highest BCUT2D eigenvalue weighted by molar-refractivity contribution is 7.94. The van der Waals surface area contributed by atoms with Gasteiger partial charge in [-0.15, -0.1) is 0 Å². The largest absolute Gasteiger partial charge is 0.339 e. The Balaban J connectivity index is 1.95. The fraction of sp³-hybridized carbons (Fsp3) is 0.222. The summed E-state index contributed by atoms with van der Waals surface area (Å²) in [5.74, 6) is 0.352. The molecular weight excluding hydrogens is 352 g/mol. The van der Waals surface area contributed by atoms with Crippen LogP contribution in [0.5, 0.6) is 0 Å². The van der Waals surface area contributed by atoms with Gasteiger partial charge in [0.1, 0.15) is 14.8 Å². The summed E-state index contributed by atoms with van der Waals surface area (Å²) in [4.78, 5) is 20.8. The predicted octanol–water partition coefficient (Wildman–Crippen LogP) is 3.52. The fourth-order valence-electron chi connectivity index (χ4n) is 2.27. The van der Waals surface area contributed by atoms with Gasteiger partial charge in [-0.25, -0.2) is 9.19 Å². The third kappa shape index (κ3) is 3.55. The number of nitrogens with zero attached hydrogens (tertiary/aromatic N) is 4. The molecule has 0 N–H and O–H groups in total. The highest BCUT2D eigenvalue weighted by Gasteiger charge is 2.21. The van der Waals surface area contributed by atoms with Gasteiger partial charge in [0.05, 0.1) is 0 Å². The maximum Gasteiger partial charge on any atom is 0.285 e. The van der Waals surface area contributed by atoms with E-state index in [1.165, 1.54) is 0 Å². The molecule has 0 aliphatic rings. The summed E-state index contributed by atoms with van der Waals surface area (Å²) in [7, 11) is -2.97. The summed E-state index contributed by atoms with van der Waals surface area (Å²) in [6, 6.07) is 11.7. The van der Waals surface area contributed by atoms with Gasteiger partial charge < -0.3 is 4.52 Å². The van der Waals surface area contributed by atoms with Gasteiger partial charge >= 0.3 is 0 Å². The summed E-state index contributed by atoms with van der Waals surface area (Å²) in [5, 5.41) is 3.78. The molecule has 0 saturated carbocycles. The molecule has 134 valence electrons. The van der Waals surface area contributed by atoms with Crippen LogP contribution in [0.4, 0.5) is 0 Å². The lowest BCUT2D eigenvalue weighted by molar-refractivity contribution is 0.100. The molecule has 1 aromatic carbocycles. The second kappa shape index (κ2) is 7.17. The second-order valence-corrected chi connectivity index (χ2v) is 8.58. The van der Waals surface area contributed by atoms with Crippen LogP contribution < -0.4 is 0 Å². The maximum absolute atomic E-state index is 13.3. The molecule has 1 atom stereocenters. The van der Waals surface area contributed by atoms with Crippen LogP contribution in [0.15, 0.2) is 62.6 Å². The molecule has 1 amide bonds. The van der Waals surface area contributed by atoms with E-state index < -0.39 is 15.6 Å². The maximum atomic E-state index is 13.3. The molecule has 0 spiro atoms. The zero-order valence-electron chi connectivity index (χ0n) is 14.6. The number of aromatic nitrogens is 3. The predicted molar refractivity (Wildman–Crippen MR) is 97.0 cm³/mol. The molecule has 0 bridgehead atoms. The van der Waals surface area contributed by atoms with E-state index in [1.54, 1.807) is 69.4 Å². The van der Waals surface area contributed by atoms with Crippen LogP contribution in [-0.2, 0) is 9.73 Å². The Morgan fingerprint density at radius 1 is 1.15 bits per heavy atom. The molecule has 26 heavy (non-hydrogen) atoms. The van der Waals surface area contributed by atoms with Gasteiger partial charge in [0.15, 0.2) is 0 Å². The van der Waals surface area contributed by atoms with Gasteiger partial charge in [-0.3, -0.25) is 4.79 Å². The Morgan fingerprint density at radius 3 is 2.42 bits per heavy atom. The summed E-state index contributed by atoms with van der Waals surface area (Å²) >= 11 is 0. The zero-order chi connectivity index (χ0) is 18.7. The summed E-state index contributed by atoms with van der Waals surface area (Å²) in [5.41, 5.74) is 1.05. The number of hydrogen-bond donors (Lipinski definition) is 0. The monoisotopic (exact) mass is 370 g/mol. The smallest absolute Gasteiger partial charge is 0.285 e. The minimum Gasteiger partial charge on any atom is -0.339 e. The second-order valence-electron chi connectivity index (χ2n) is 5.90. The molecule has 0 aliphatic carbocycles. The summed E-state index contributed by atoms with van der Waals surface area (Å²) in [6.45, 7) is 5.22. The van der Waals surface area contributed by atoms with Crippen molar-refractivity contribution in [2.24, 2.45) is 4.36 Å². The minimum absolute atomic E-state index is 0.308. The molecule has 8 heteroatoms. The van der Waals surface area contributed by atoms with Crippen molar-refractivity contribution >= 4 is 15.6 Å². The van der Waals surface area contributed by atoms with Crippen LogP contribution in [0.1, 0.15) is 30.1 Å². The lowest BCUT2D eigenvalue weighted by atomic mass is 10.1. The molecule has 0 saturated heterocycles. The van der Waals surface area contributed by atoms with Crippen molar-refractivity contribution in [2.45, 2.75) is 31.0 Å². The molecule has 0 radical (unpaired) electrons. The van der Waals surface area contributed by atoms with Gasteiger partial charge in [0, 0.05) is 29.5 Å². The Morgan fingerprint density at radius 2 is 1.88 bits per heavy atom. The first-order valence-electron chi connectivity index (χ1n) is 8.02. The lowest BCUT2D eigenvalue weighted by Crippen LogP contribution is -2.17. The average Bonchev–Trinajstić information content (AvgIpc) is 3.08. The SMILES string of the molecule is Cc1nc(-c2ccc(C(=O)N=S(=O)(c3ccccn3)C(C)C)cc2)no1. The first kappa shape index (κ1) is 17.9. The molecule has 3 rings (SSSR count). The van der Waals surface area contributed by atoms with E-state index >= 15 is 0 Å². The van der Waals surface area contributed by atoms with Crippen molar-refractivity contribution < 1.29 is 13.5 Å². The third-order valence-corrected chi connectivity index (χ3v) is 6.27. The van der Waals surface area contributed by atoms with Crippen molar-refractivity contribution in [1.29, 1.82) is 0 Å². The number of pyridine rings is 1. The first-order valence-corrected chi connectivity index (χ1v) is 9.60. The van der Waals surface area contributed by atoms with Gasteiger partial charge in [0.2, 0.25) is 11.7 Å². The van der Waals surface area contributed by atoms with Crippen LogP contribution >= 0.6 is 0 Å². The standard InChI is InChI=1S/C18H18N4O3S/c1-12(2)26(24,16-6-4-5-11-19-16)22-18(23)15-9-7-14(8-10-15)17-20-13(3)25-21-17/h4-12H,1-3H3. The molecule has 3 aromatic rings. The highest BCUT2D eigenvalue weighted by atomic mass is 32.2. The minimum atomic E-state index is -2.97. The number of amides is 1. The molecule has 0 aliphatic heterocycles. The van der Waals surface area contributed by atoms with E-state index in [0.717, 1.165) is 0 Å². The Kier molecular flexibility index (Phi) is 4.94. The van der Waals surface area contributed by atoms with Crippen molar-refractivity contribution in [2.75, 3.05) is 0 Å². The molecule has 0 fully saturated rings. The third-order valence-electron chi connectivity index (χ3n) is 3.71. The van der Waals surface area contributed by atoms with Crippen LogP contribution in [0.25, 0.3) is 11.4 Å². The fourth-order valence-corrected chi connectivity index (χ4v) is 3.89. The van der Waals surface area contributed by atoms with Crippen molar-refractivity contribution in [1.82, 2.24) is 15.1 Å².